The second-order valence-electron chi connectivity index (χ2n) is 6.78. The van der Waals surface area contributed by atoms with Crippen LogP contribution < -0.4 is 16.4 Å². The highest BCUT2D eigenvalue weighted by molar-refractivity contribution is 6.01. The largest absolute Gasteiger partial charge is 0.330 e. The van der Waals surface area contributed by atoms with Crippen LogP contribution >= 0.6 is 12.4 Å². The number of nitrogens with zero attached hydrogens (tertiary/aromatic N) is 1. The van der Waals surface area contributed by atoms with Gasteiger partial charge in [-0.1, -0.05) is 13.0 Å². The van der Waals surface area contributed by atoms with Crippen LogP contribution in [0.25, 0.3) is 0 Å². The number of hydrogen-bond acceptors (Lipinski definition) is 4. The molecule has 0 aromatic heterocycles. The molecule has 4 N–H and O–H groups in total. The lowest BCUT2D eigenvalue weighted by atomic mass is 9.90. The van der Waals surface area contributed by atoms with Gasteiger partial charge in [0.2, 0.25) is 5.91 Å². The average molecular weight is 355 g/mol. The van der Waals surface area contributed by atoms with Crippen LogP contribution in [0.3, 0.4) is 0 Å². The lowest BCUT2D eigenvalue weighted by Crippen LogP contribution is -2.42. The Morgan fingerprint density at radius 1 is 1.29 bits per heavy atom. The molecule has 3 amide bonds. The second kappa shape index (κ2) is 8.46. The van der Waals surface area contributed by atoms with Crippen molar-refractivity contribution in [3.05, 3.63) is 29.3 Å². The summed E-state index contributed by atoms with van der Waals surface area (Å²) in [6.45, 7) is 8.56. The molecule has 1 aromatic rings. The van der Waals surface area contributed by atoms with E-state index < -0.39 is 6.03 Å². The Hall–Kier alpha value is -1.63. The summed E-state index contributed by atoms with van der Waals surface area (Å²) in [5.74, 6) is -0.299. The molecule has 2 rings (SSSR count). The van der Waals surface area contributed by atoms with Gasteiger partial charge in [-0.25, -0.2) is 4.79 Å². The fourth-order valence-electron chi connectivity index (χ4n) is 2.78. The monoisotopic (exact) mass is 354 g/mol. The molecule has 0 saturated carbocycles. The highest BCUT2D eigenvalue weighted by Crippen LogP contribution is 2.27. The van der Waals surface area contributed by atoms with E-state index in [-0.39, 0.29) is 30.3 Å². The maximum atomic E-state index is 12.0. The minimum atomic E-state index is -0.501. The summed E-state index contributed by atoms with van der Waals surface area (Å²) in [4.78, 5) is 25.9. The standard InChI is InChI=1S/C17H26N4O2.ClH/c1-12-4-5-14(8-13(12)2)19-16(23)20-15(22)9-21-7-6-17(3,10-18)11-21;/h4-5,8H,6-7,9-11,18H2,1-3H3,(H2,19,20,22,23);1H. The molecule has 1 aromatic carbocycles. The van der Waals surface area contributed by atoms with Crippen LogP contribution in [0.15, 0.2) is 18.2 Å². The summed E-state index contributed by atoms with van der Waals surface area (Å²) < 4.78 is 0. The number of anilines is 1. The highest BCUT2D eigenvalue weighted by atomic mass is 35.5. The van der Waals surface area contributed by atoms with Crippen LogP contribution in [0.2, 0.25) is 0 Å². The number of halogens is 1. The number of urea groups is 1. The Labute approximate surface area is 149 Å². The molecule has 134 valence electrons. The van der Waals surface area contributed by atoms with Crippen molar-refractivity contribution >= 4 is 30.0 Å². The van der Waals surface area contributed by atoms with Gasteiger partial charge in [-0.15, -0.1) is 12.4 Å². The van der Waals surface area contributed by atoms with Crippen molar-refractivity contribution in [1.82, 2.24) is 10.2 Å². The summed E-state index contributed by atoms with van der Waals surface area (Å²) in [5.41, 5.74) is 8.75. The maximum Gasteiger partial charge on any atom is 0.325 e. The minimum Gasteiger partial charge on any atom is -0.330 e. The average Bonchev–Trinajstić information content (AvgIpc) is 2.84. The van der Waals surface area contributed by atoms with E-state index >= 15 is 0 Å². The van der Waals surface area contributed by atoms with Crippen LogP contribution in [-0.4, -0.2) is 43.0 Å². The first-order valence-electron chi connectivity index (χ1n) is 7.92. The van der Waals surface area contributed by atoms with Gasteiger partial charge in [-0.05, 0) is 62.0 Å². The van der Waals surface area contributed by atoms with Crippen molar-refractivity contribution in [2.24, 2.45) is 11.1 Å². The zero-order chi connectivity index (χ0) is 17.0. The fraction of sp³-hybridized carbons (Fsp3) is 0.529. The van der Waals surface area contributed by atoms with Crippen molar-refractivity contribution in [3.63, 3.8) is 0 Å². The Kier molecular flexibility index (Phi) is 7.20. The lowest BCUT2D eigenvalue weighted by molar-refractivity contribution is -0.120. The SMILES string of the molecule is Cc1ccc(NC(=O)NC(=O)CN2CCC(C)(CN)C2)cc1C.Cl. The van der Waals surface area contributed by atoms with Crippen molar-refractivity contribution in [2.45, 2.75) is 27.2 Å². The van der Waals surface area contributed by atoms with Crippen LogP contribution in [0.4, 0.5) is 10.5 Å². The zero-order valence-electron chi connectivity index (χ0n) is 14.5. The number of amides is 3. The molecular weight excluding hydrogens is 328 g/mol. The molecule has 6 nitrogen and oxygen atoms in total. The van der Waals surface area contributed by atoms with Crippen molar-refractivity contribution in [1.29, 1.82) is 0 Å². The fourth-order valence-corrected chi connectivity index (χ4v) is 2.78. The number of hydrogen-bond donors (Lipinski definition) is 3. The molecule has 0 aliphatic carbocycles. The van der Waals surface area contributed by atoms with E-state index in [1.807, 2.05) is 36.9 Å². The van der Waals surface area contributed by atoms with E-state index in [1.165, 1.54) is 0 Å². The van der Waals surface area contributed by atoms with Gasteiger partial charge in [0.25, 0.3) is 0 Å². The number of imide groups is 1. The van der Waals surface area contributed by atoms with Gasteiger partial charge in [0.05, 0.1) is 6.54 Å². The molecule has 1 aliphatic rings. The third kappa shape index (κ3) is 5.47. The third-order valence-electron chi connectivity index (χ3n) is 4.51. The molecule has 0 spiro atoms. The molecule has 24 heavy (non-hydrogen) atoms. The summed E-state index contributed by atoms with van der Waals surface area (Å²) in [6.07, 6.45) is 0.978. The number of carbonyl (C=O) groups excluding carboxylic acids is 2. The van der Waals surface area contributed by atoms with Gasteiger partial charge in [0.1, 0.15) is 0 Å². The normalized spacial score (nSPS) is 20.3. The van der Waals surface area contributed by atoms with Crippen LogP contribution in [0, 0.1) is 19.3 Å². The van der Waals surface area contributed by atoms with Gasteiger partial charge in [0, 0.05) is 12.2 Å². The van der Waals surface area contributed by atoms with Crippen LogP contribution in [0.5, 0.6) is 0 Å². The Morgan fingerprint density at radius 2 is 2.00 bits per heavy atom. The van der Waals surface area contributed by atoms with Gasteiger partial charge in [0.15, 0.2) is 0 Å². The number of nitrogens with one attached hydrogen (secondary N) is 2. The van der Waals surface area contributed by atoms with Crippen molar-refractivity contribution in [3.8, 4) is 0 Å². The Balaban J connectivity index is 0.00000288. The van der Waals surface area contributed by atoms with E-state index in [4.69, 9.17) is 5.73 Å². The maximum absolute atomic E-state index is 12.0. The predicted octanol–water partition coefficient (Wildman–Crippen LogP) is 2.04. The first-order valence-corrected chi connectivity index (χ1v) is 7.92. The molecule has 7 heteroatoms. The smallest absolute Gasteiger partial charge is 0.325 e. The number of nitrogens with two attached hydrogens (primary N) is 1. The third-order valence-corrected chi connectivity index (χ3v) is 4.51. The van der Waals surface area contributed by atoms with E-state index in [1.54, 1.807) is 0 Å². The number of likely N-dealkylation sites (tertiary alicyclic amines) is 1. The van der Waals surface area contributed by atoms with Gasteiger partial charge < -0.3 is 11.1 Å². The summed E-state index contributed by atoms with van der Waals surface area (Å²) in [5, 5.41) is 5.06. The van der Waals surface area contributed by atoms with E-state index in [0.717, 1.165) is 30.6 Å². The quantitative estimate of drug-likeness (QED) is 0.772. The van der Waals surface area contributed by atoms with Crippen LogP contribution in [0.1, 0.15) is 24.5 Å². The summed E-state index contributed by atoms with van der Waals surface area (Å²) in [6, 6.07) is 5.13. The zero-order valence-corrected chi connectivity index (χ0v) is 15.3. The summed E-state index contributed by atoms with van der Waals surface area (Å²) >= 11 is 0. The second-order valence-corrected chi connectivity index (χ2v) is 6.78. The van der Waals surface area contributed by atoms with E-state index in [0.29, 0.717) is 12.2 Å². The molecule has 1 fully saturated rings. The molecule has 1 aliphatic heterocycles. The van der Waals surface area contributed by atoms with Gasteiger partial charge >= 0.3 is 6.03 Å². The Morgan fingerprint density at radius 3 is 2.58 bits per heavy atom. The molecule has 0 radical (unpaired) electrons. The molecule has 1 heterocycles. The van der Waals surface area contributed by atoms with E-state index in [2.05, 4.69) is 17.6 Å². The summed E-state index contributed by atoms with van der Waals surface area (Å²) in [7, 11) is 0. The first kappa shape index (κ1) is 20.4. The topological polar surface area (TPSA) is 87.5 Å². The van der Waals surface area contributed by atoms with E-state index in [9.17, 15) is 9.59 Å². The molecular formula is C17H27ClN4O2. The Bertz CT molecular complexity index is 608. The number of aryl methyl sites for hydroxylation is 2. The molecule has 1 atom stereocenters. The molecule has 1 unspecified atom stereocenters. The number of benzene rings is 1. The molecule has 1 saturated heterocycles. The highest BCUT2D eigenvalue weighted by Gasteiger charge is 2.33. The molecule has 0 bridgehead atoms. The van der Waals surface area contributed by atoms with Gasteiger partial charge in [-0.3, -0.25) is 15.0 Å². The van der Waals surface area contributed by atoms with Crippen molar-refractivity contribution < 1.29 is 9.59 Å². The lowest BCUT2D eigenvalue weighted by Gasteiger charge is -2.22. The van der Waals surface area contributed by atoms with Crippen molar-refractivity contribution in [2.75, 3.05) is 31.5 Å². The number of rotatable bonds is 4. The minimum absolute atomic E-state index is 0. The number of carbonyl (C=O) groups is 2. The first-order chi connectivity index (χ1) is 10.8. The van der Waals surface area contributed by atoms with Crippen LogP contribution in [-0.2, 0) is 4.79 Å². The predicted molar refractivity (Wildman–Crippen MR) is 98.5 cm³/mol. The van der Waals surface area contributed by atoms with Gasteiger partial charge in [-0.2, -0.15) is 0 Å².